The average molecular weight is 395 g/mol. The summed E-state index contributed by atoms with van der Waals surface area (Å²) >= 11 is 8.68. The summed E-state index contributed by atoms with van der Waals surface area (Å²) in [4.78, 5) is 12.1. The largest absolute Gasteiger partial charge is 0.350 e. The second-order valence-corrected chi connectivity index (χ2v) is 7.15. The highest BCUT2D eigenvalue weighted by atomic mass is 79.9. The van der Waals surface area contributed by atoms with Gasteiger partial charge in [0, 0.05) is 15.0 Å². The van der Waals surface area contributed by atoms with Crippen LogP contribution >= 0.6 is 43.6 Å². The van der Waals surface area contributed by atoms with Crippen molar-refractivity contribution < 1.29 is 4.79 Å². The van der Waals surface area contributed by atoms with E-state index in [4.69, 9.17) is 0 Å². The van der Waals surface area contributed by atoms with Gasteiger partial charge in [0.1, 0.15) is 0 Å². The molecular formula is C13H17Br2NOS. The molecule has 1 atom stereocenters. The third kappa shape index (κ3) is 5.33. The summed E-state index contributed by atoms with van der Waals surface area (Å²) in [5.41, 5.74) is 0.674. The first-order valence-corrected chi connectivity index (χ1v) is 8.62. The summed E-state index contributed by atoms with van der Waals surface area (Å²) in [5, 5.41) is 3.02. The van der Waals surface area contributed by atoms with Gasteiger partial charge in [0.05, 0.1) is 5.56 Å². The molecular weight excluding hydrogens is 378 g/mol. The smallest absolute Gasteiger partial charge is 0.252 e. The lowest BCUT2D eigenvalue weighted by Crippen LogP contribution is -2.33. The van der Waals surface area contributed by atoms with Gasteiger partial charge in [0.2, 0.25) is 0 Å². The molecule has 1 unspecified atom stereocenters. The van der Waals surface area contributed by atoms with E-state index < -0.39 is 0 Å². The van der Waals surface area contributed by atoms with Crippen LogP contribution < -0.4 is 5.32 Å². The topological polar surface area (TPSA) is 29.1 Å². The van der Waals surface area contributed by atoms with E-state index in [1.54, 1.807) is 0 Å². The zero-order valence-corrected chi connectivity index (χ0v) is 14.5. The third-order valence-electron chi connectivity index (χ3n) is 2.45. The van der Waals surface area contributed by atoms with Crippen molar-refractivity contribution in [3.8, 4) is 0 Å². The molecule has 1 rings (SSSR count). The van der Waals surface area contributed by atoms with Gasteiger partial charge >= 0.3 is 0 Å². The number of rotatable bonds is 6. The van der Waals surface area contributed by atoms with Crippen molar-refractivity contribution in [3.05, 3.63) is 32.7 Å². The number of nitrogens with one attached hydrogen (secondary N) is 1. The Labute approximate surface area is 130 Å². The van der Waals surface area contributed by atoms with E-state index in [0.717, 1.165) is 26.9 Å². The lowest BCUT2D eigenvalue weighted by Gasteiger charge is -2.14. The highest BCUT2D eigenvalue weighted by molar-refractivity contribution is 9.11. The molecule has 0 spiro atoms. The monoisotopic (exact) mass is 393 g/mol. The molecule has 0 aliphatic heterocycles. The van der Waals surface area contributed by atoms with Gasteiger partial charge in [0.15, 0.2) is 0 Å². The molecule has 2 nitrogen and oxygen atoms in total. The quantitative estimate of drug-likeness (QED) is 0.721. The molecule has 0 aromatic heterocycles. The van der Waals surface area contributed by atoms with Gasteiger partial charge in [-0.1, -0.05) is 22.9 Å². The van der Waals surface area contributed by atoms with Crippen molar-refractivity contribution in [1.82, 2.24) is 5.32 Å². The predicted octanol–water partition coefficient (Wildman–Crippen LogP) is 4.47. The SMILES string of the molecule is CCSCCC(C)NC(=O)c1ccc(Br)cc1Br. The van der Waals surface area contributed by atoms with Gasteiger partial charge in [0.25, 0.3) is 5.91 Å². The van der Waals surface area contributed by atoms with E-state index in [1.807, 2.05) is 36.9 Å². The maximum Gasteiger partial charge on any atom is 0.252 e. The molecule has 1 amide bonds. The van der Waals surface area contributed by atoms with Gasteiger partial charge in [-0.2, -0.15) is 11.8 Å². The molecule has 1 N–H and O–H groups in total. The van der Waals surface area contributed by atoms with E-state index in [0.29, 0.717) is 5.56 Å². The van der Waals surface area contributed by atoms with Crippen molar-refractivity contribution in [2.45, 2.75) is 26.3 Å². The van der Waals surface area contributed by atoms with Gasteiger partial charge < -0.3 is 5.32 Å². The number of thioether (sulfide) groups is 1. The van der Waals surface area contributed by atoms with Gasteiger partial charge in [-0.3, -0.25) is 4.79 Å². The van der Waals surface area contributed by atoms with Crippen LogP contribution in [0.1, 0.15) is 30.6 Å². The second-order valence-electron chi connectivity index (χ2n) is 3.98. The van der Waals surface area contributed by atoms with Crippen molar-refractivity contribution in [2.75, 3.05) is 11.5 Å². The lowest BCUT2D eigenvalue weighted by atomic mass is 10.2. The highest BCUT2D eigenvalue weighted by Gasteiger charge is 2.12. The fourth-order valence-electron chi connectivity index (χ4n) is 1.45. The normalized spacial score (nSPS) is 12.2. The Morgan fingerprint density at radius 3 is 2.78 bits per heavy atom. The fraction of sp³-hybridized carbons (Fsp3) is 0.462. The first kappa shape index (κ1) is 16.1. The minimum absolute atomic E-state index is 0.0247. The molecule has 0 fully saturated rings. The highest BCUT2D eigenvalue weighted by Crippen LogP contribution is 2.22. The predicted molar refractivity (Wildman–Crippen MR) is 86.4 cm³/mol. The Balaban J connectivity index is 2.54. The Morgan fingerprint density at radius 2 is 2.17 bits per heavy atom. The summed E-state index contributed by atoms with van der Waals surface area (Å²) in [5.74, 6) is 2.18. The standard InChI is InChI=1S/C13H17Br2NOS/c1-3-18-7-6-9(2)16-13(17)11-5-4-10(14)8-12(11)15/h4-5,8-9H,3,6-7H2,1-2H3,(H,16,17). The number of carbonyl (C=O) groups is 1. The number of halogens is 2. The summed E-state index contributed by atoms with van der Waals surface area (Å²) in [6.07, 6.45) is 0.998. The van der Waals surface area contributed by atoms with Crippen molar-refractivity contribution in [2.24, 2.45) is 0 Å². The molecule has 0 saturated carbocycles. The summed E-state index contributed by atoms with van der Waals surface area (Å²) in [6, 6.07) is 5.77. The average Bonchev–Trinajstić information content (AvgIpc) is 2.28. The van der Waals surface area contributed by atoms with Gasteiger partial charge in [-0.25, -0.2) is 0 Å². The molecule has 0 bridgehead atoms. The molecule has 18 heavy (non-hydrogen) atoms. The minimum Gasteiger partial charge on any atom is -0.350 e. The number of carbonyl (C=O) groups excluding carboxylic acids is 1. The number of benzene rings is 1. The first-order chi connectivity index (χ1) is 8.54. The molecule has 0 heterocycles. The first-order valence-electron chi connectivity index (χ1n) is 5.88. The number of hydrogen-bond donors (Lipinski definition) is 1. The maximum atomic E-state index is 12.1. The maximum absolute atomic E-state index is 12.1. The molecule has 0 saturated heterocycles. The van der Waals surface area contributed by atoms with Crippen LogP contribution in [-0.4, -0.2) is 23.5 Å². The zero-order chi connectivity index (χ0) is 13.5. The molecule has 1 aromatic rings. The summed E-state index contributed by atoms with van der Waals surface area (Å²) < 4.78 is 1.77. The van der Waals surface area contributed by atoms with E-state index in [9.17, 15) is 4.79 Å². The Hall–Kier alpha value is -0.000000000000000111. The lowest BCUT2D eigenvalue weighted by molar-refractivity contribution is 0.0938. The molecule has 1 aromatic carbocycles. The van der Waals surface area contributed by atoms with Gasteiger partial charge in [-0.15, -0.1) is 0 Å². The molecule has 100 valence electrons. The number of hydrogen-bond acceptors (Lipinski definition) is 2. The molecule has 0 radical (unpaired) electrons. The van der Waals surface area contributed by atoms with Crippen molar-refractivity contribution >= 4 is 49.5 Å². The third-order valence-corrected chi connectivity index (χ3v) is 4.53. The second kappa shape index (κ2) is 8.23. The van der Waals surface area contributed by atoms with E-state index >= 15 is 0 Å². The van der Waals surface area contributed by atoms with Crippen LogP contribution in [0.5, 0.6) is 0 Å². The van der Waals surface area contributed by atoms with Crippen LogP contribution in [0.3, 0.4) is 0 Å². The van der Waals surface area contributed by atoms with Crippen molar-refractivity contribution in [3.63, 3.8) is 0 Å². The van der Waals surface area contributed by atoms with Crippen LogP contribution in [0.25, 0.3) is 0 Å². The van der Waals surface area contributed by atoms with Crippen LogP contribution in [0, 0.1) is 0 Å². The van der Waals surface area contributed by atoms with Crippen molar-refractivity contribution in [1.29, 1.82) is 0 Å². The Kier molecular flexibility index (Phi) is 7.34. The van der Waals surface area contributed by atoms with Crippen LogP contribution in [-0.2, 0) is 0 Å². The van der Waals surface area contributed by atoms with E-state index in [-0.39, 0.29) is 11.9 Å². The van der Waals surface area contributed by atoms with Crippen LogP contribution in [0.2, 0.25) is 0 Å². The van der Waals surface area contributed by atoms with Crippen LogP contribution in [0.4, 0.5) is 0 Å². The minimum atomic E-state index is -0.0247. The summed E-state index contributed by atoms with van der Waals surface area (Å²) in [6.45, 7) is 4.19. The van der Waals surface area contributed by atoms with Crippen LogP contribution in [0.15, 0.2) is 27.1 Å². The molecule has 5 heteroatoms. The molecule has 0 aliphatic carbocycles. The fourth-order valence-corrected chi connectivity index (χ4v) is 3.49. The number of amides is 1. The van der Waals surface area contributed by atoms with Gasteiger partial charge in [-0.05, 0) is 59.0 Å². The Morgan fingerprint density at radius 1 is 1.44 bits per heavy atom. The Bertz CT molecular complexity index is 412. The van der Waals surface area contributed by atoms with E-state index in [1.165, 1.54) is 0 Å². The zero-order valence-electron chi connectivity index (χ0n) is 10.5. The molecule has 0 aliphatic rings. The van der Waals surface area contributed by atoms with E-state index in [2.05, 4.69) is 44.1 Å². The summed E-state index contributed by atoms with van der Waals surface area (Å²) in [7, 11) is 0.